The molecule has 9 nitrogen and oxygen atoms in total. The topological polar surface area (TPSA) is 122 Å². The van der Waals surface area contributed by atoms with Gasteiger partial charge in [0.25, 0.3) is 11.9 Å². The first-order valence-corrected chi connectivity index (χ1v) is 5.19. The average Bonchev–Trinajstić information content (AvgIpc) is 2.91. The van der Waals surface area contributed by atoms with E-state index in [2.05, 4.69) is 36.0 Å². The fraction of sp³-hybridized carbons (Fsp3) is 0.100. The number of methoxy groups -OCH3 is 1. The lowest BCUT2D eigenvalue weighted by atomic mass is 10.2. The Bertz CT molecular complexity index is 583. The average molecular weight is 262 g/mol. The number of tetrazole rings is 1. The number of rotatable bonds is 3. The van der Waals surface area contributed by atoms with E-state index in [0.717, 1.165) is 0 Å². The second-order valence-corrected chi connectivity index (χ2v) is 3.39. The molecule has 2 aromatic rings. The smallest absolute Gasteiger partial charge is 0.411 e. The number of ether oxygens (including phenoxy) is 1. The number of amides is 2. The van der Waals surface area contributed by atoms with Gasteiger partial charge in [-0.05, 0) is 23.4 Å². The van der Waals surface area contributed by atoms with Crippen molar-refractivity contribution in [2.24, 2.45) is 0 Å². The van der Waals surface area contributed by atoms with E-state index in [1.807, 2.05) is 0 Å². The third-order valence-electron chi connectivity index (χ3n) is 2.13. The summed E-state index contributed by atoms with van der Waals surface area (Å²) in [6.07, 6.45) is -0.615. The normalized spacial score (nSPS) is 9.74. The van der Waals surface area contributed by atoms with Crippen LogP contribution < -0.4 is 10.6 Å². The van der Waals surface area contributed by atoms with Gasteiger partial charge in [0.2, 0.25) is 0 Å². The summed E-state index contributed by atoms with van der Waals surface area (Å²) in [5.74, 6) is -0.355. The first-order chi connectivity index (χ1) is 9.19. The standard InChI is InChI=1S/C10H10N6O3/c1-19-10(18)11-7-4-2-3-6(5-7)8(17)12-9-13-15-16-14-9/h2-5H,1H3,(H,11,18)(H2,12,13,14,15,16,17). The third kappa shape index (κ3) is 3.25. The second-order valence-electron chi connectivity index (χ2n) is 3.39. The van der Waals surface area contributed by atoms with E-state index < -0.39 is 12.0 Å². The molecule has 0 saturated heterocycles. The van der Waals surface area contributed by atoms with Gasteiger partial charge in [0.15, 0.2) is 0 Å². The molecule has 0 fully saturated rings. The molecule has 98 valence electrons. The molecule has 3 N–H and O–H groups in total. The van der Waals surface area contributed by atoms with Gasteiger partial charge >= 0.3 is 6.09 Å². The van der Waals surface area contributed by atoms with Crippen LogP contribution in [0.25, 0.3) is 0 Å². The molecule has 0 bridgehead atoms. The van der Waals surface area contributed by atoms with Crippen molar-refractivity contribution in [3.05, 3.63) is 29.8 Å². The van der Waals surface area contributed by atoms with Crippen molar-refractivity contribution in [3.63, 3.8) is 0 Å². The highest BCUT2D eigenvalue weighted by atomic mass is 16.5. The van der Waals surface area contributed by atoms with Crippen LogP contribution in [0.1, 0.15) is 10.4 Å². The SMILES string of the molecule is COC(=O)Nc1cccc(C(=O)Nc2nn[nH]n2)c1. The highest BCUT2D eigenvalue weighted by molar-refractivity contribution is 6.04. The van der Waals surface area contributed by atoms with Gasteiger partial charge in [-0.1, -0.05) is 11.2 Å². The van der Waals surface area contributed by atoms with Crippen molar-refractivity contribution in [1.82, 2.24) is 20.6 Å². The summed E-state index contributed by atoms with van der Waals surface area (Å²) in [7, 11) is 1.25. The zero-order valence-corrected chi connectivity index (χ0v) is 9.88. The van der Waals surface area contributed by atoms with Crippen LogP contribution in [0.2, 0.25) is 0 Å². The van der Waals surface area contributed by atoms with Gasteiger partial charge in [-0.3, -0.25) is 15.4 Å². The van der Waals surface area contributed by atoms with E-state index >= 15 is 0 Å². The summed E-state index contributed by atoms with van der Waals surface area (Å²) in [5, 5.41) is 17.6. The summed E-state index contributed by atoms with van der Waals surface area (Å²) in [6.45, 7) is 0. The predicted molar refractivity (Wildman–Crippen MR) is 64.6 cm³/mol. The number of nitrogens with one attached hydrogen (secondary N) is 3. The van der Waals surface area contributed by atoms with E-state index in [9.17, 15) is 9.59 Å². The molecular weight excluding hydrogens is 252 g/mol. The summed E-state index contributed by atoms with van der Waals surface area (Å²) in [5.41, 5.74) is 0.770. The number of carbonyl (C=O) groups is 2. The highest BCUT2D eigenvalue weighted by Crippen LogP contribution is 2.12. The highest BCUT2D eigenvalue weighted by Gasteiger charge is 2.10. The summed E-state index contributed by atoms with van der Waals surface area (Å²) in [6, 6.07) is 6.32. The number of hydrogen-bond acceptors (Lipinski definition) is 6. The Kier molecular flexibility index (Phi) is 3.67. The minimum absolute atomic E-state index is 0.0660. The Balaban J connectivity index is 2.09. The maximum absolute atomic E-state index is 11.8. The summed E-state index contributed by atoms with van der Waals surface area (Å²) in [4.78, 5) is 22.9. The molecule has 0 saturated carbocycles. The molecule has 0 spiro atoms. The Labute approximate surface area is 107 Å². The fourth-order valence-electron chi connectivity index (χ4n) is 1.30. The number of H-pyrrole nitrogens is 1. The fourth-order valence-corrected chi connectivity index (χ4v) is 1.30. The predicted octanol–water partition coefficient (Wildman–Crippen LogP) is 0.630. The molecule has 0 unspecified atom stereocenters. The first-order valence-electron chi connectivity index (χ1n) is 5.19. The molecule has 19 heavy (non-hydrogen) atoms. The van der Waals surface area contributed by atoms with Gasteiger partial charge < -0.3 is 4.74 Å². The Morgan fingerprint density at radius 2 is 2.16 bits per heavy atom. The van der Waals surface area contributed by atoms with Gasteiger partial charge in [0.1, 0.15) is 0 Å². The van der Waals surface area contributed by atoms with Crippen LogP contribution in [0.3, 0.4) is 0 Å². The van der Waals surface area contributed by atoms with E-state index in [4.69, 9.17) is 0 Å². The summed E-state index contributed by atoms with van der Waals surface area (Å²) >= 11 is 0. The van der Waals surface area contributed by atoms with Crippen LogP contribution in [0, 0.1) is 0 Å². The number of anilines is 2. The Morgan fingerprint density at radius 3 is 2.84 bits per heavy atom. The van der Waals surface area contributed by atoms with Gasteiger partial charge in [-0.25, -0.2) is 4.79 Å². The number of aromatic nitrogens is 4. The number of hydrogen-bond donors (Lipinski definition) is 3. The Morgan fingerprint density at radius 1 is 1.32 bits per heavy atom. The molecule has 0 aliphatic heterocycles. The zero-order chi connectivity index (χ0) is 13.7. The second kappa shape index (κ2) is 5.58. The lowest BCUT2D eigenvalue weighted by Gasteiger charge is -2.05. The lowest BCUT2D eigenvalue weighted by Crippen LogP contribution is -2.15. The van der Waals surface area contributed by atoms with Crippen molar-refractivity contribution in [3.8, 4) is 0 Å². The molecule has 0 aliphatic carbocycles. The van der Waals surface area contributed by atoms with Crippen molar-refractivity contribution in [2.75, 3.05) is 17.7 Å². The minimum Gasteiger partial charge on any atom is -0.453 e. The molecule has 0 atom stereocenters. The number of benzene rings is 1. The number of carbonyl (C=O) groups excluding carboxylic acids is 2. The van der Waals surface area contributed by atoms with Crippen LogP contribution in [0.5, 0.6) is 0 Å². The molecule has 1 aromatic heterocycles. The molecular formula is C10H10N6O3. The van der Waals surface area contributed by atoms with E-state index in [1.165, 1.54) is 13.2 Å². The maximum atomic E-state index is 11.8. The van der Waals surface area contributed by atoms with Crippen LogP contribution in [0.15, 0.2) is 24.3 Å². The minimum atomic E-state index is -0.615. The van der Waals surface area contributed by atoms with Crippen molar-refractivity contribution in [2.45, 2.75) is 0 Å². The van der Waals surface area contributed by atoms with Gasteiger partial charge in [-0.15, -0.1) is 5.10 Å². The van der Waals surface area contributed by atoms with Gasteiger partial charge in [-0.2, -0.15) is 5.21 Å². The molecule has 1 aromatic carbocycles. The van der Waals surface area contributed by atoms with Crippen LogP contribution in [0.4, 0.5) is 16.4 Å². The molecule has 0 radical (unpaired) electrons. The largest absolute Gasteiger partial charge is 0.453 e. The molecule has 2 rings (SSSR count). The Hall–Kier alpha value is -2.97. The van der Waals surface area contributed by atoms with E-state index in [1.54, 1.807) is 18.2 Å². The lowest BCUT2D eigenvalue weighted by molar-refractivity contribution is 0.102. The van der Waals surface area contributed by atoms with Crippen molar-refractivity contribution in [1.29, 1.82) is 0 Å². The van der Waals surface area contributed by atoms with Crippen molar-refractivity contribution >= 4 is 23.6 Å². The van der Waals surface area contributed by atoms with E-state index in [-0.39, 0.29) is 5.95 Å². The molecule has 0 aliphatic rings. The first kappa shape index (κ1) is 12.5. The molecule has 9 heteroatoms. The molecule has 2 amide bonds. The quantitative estimate of drug-likeness (QED) is 0.745. The zero-order valence-electron chi connectivity index (χ0n) is 9.88. The third-order valence-corrected chi connectivity index (χ3v) is 2.13. The van der Waals surface area contributed by atoms with Crippen LogP contribution >= 0.6 is 0 Å². The monoisotopic (exact) mass is 262 g/mol. The summed E-state index contributed by atoms with van der Waals surface area (Å²) < 4.78 is 4.46. The number of nitrogens with zero attached hydrogens (tertiary/aromatic N) is 3. The van der Waals surface area contributed by atoms with Crippen molar-refractivity contribution < 1.29 is 14.3 Å². The van der Waals surface area contributed by atoms with Gasteiger partial charge in [0.05, 0.1) is 7.11 Å². The van der Waals surface area contributed by atoms with E-state index in [0.29, 0.717) is 11.3 Å². The maximum Gasteiger partial charge on any atom is 0.411 e. The van der Waals surface area contributed by atoms with Crippen LogP contribution in [-0.2, 0) is 4.74 Å². The molecule has 1 heterocycles. The number of aromatic amines is 1. The van der Waals surface area contributed by atoms with Gasteiger partial charge in [0, 0.05) is 11.3 Å². The van der Waals surface area contributed by atoms with Crippen LogP contribution in [-0.4, -0.2) is 39.7 Å².